The number of nitrogens with zero attached hydrogens (tertiary/aromatic N) is 2. The van der Waals surface area contributed by atoms with E-state index in [-0.39, 0.29) is 12.5 Å². The lowest BCUT2D eigenvalue weighted by Crippen LogP contribution is -2.20. The first-order valence-corrected chi connectivity index (χ1v) is 5.71. The average Bonchev–Trinajstić information content (AvgIpc) is 2.78. The highest BCUT2D eigenvalue weighted by Gasteiger charge is 2.11. The molecule has 1 heterocycles. The third-order valence-corrected chi connectivity index (χ3v) is 2.49. The Hall–Kier alpha value is -2.14. The van der Waals surface area contributed by atoms with Crippen molar-refractivity contribution in [1.29, 1.82) is 0 Å². The standard InChI is InChI=1S/C13H15N3O2/c1-10(17)13-14-7-8-16(13)9-12(18)15-11-5-3-2-4-6-11/h2-8,10,17H,9H2,1H3,(H,15,18). The summed E-state index contributed by atoms with van der Waals surface area (Å²) < 4.78 is 1.63. The Morgan fingerprint density at radius 2 is 2.17 bits per heavy atom. The van der Waals surface area contributed by atoms with Crippen molar-refractivity contribution in [1.82, 2.24) is 9.55 Å². The number of imidazole rings is 1. The van der Waals surface area contributed by atoms with Crippen LogP contribution in [0.15, 0.2) is 42.7 Å². The Morgan fingerprint density at radius 3 is 2.83 bits per heavy atom. The number of hydrogen-bond acceptors (Lipinski definition) is 3. The van der Waals surface area contributed by atoms with Gasteiger partial charge >= 0.3 is 0 Å². The van der Waals surface area contributed by atoms with Crippen molar-refractivity contribution in [3.05, 3.63) is 48.5 Å². The van der Waals surface area contributed by atoms with Gasteiger partial charge in [0.1, 0.15) is 18.5 Å². The van der Waals surface area contributed by atoms with Gasteiger partial charge in [0.25, 0.3) is 0 Å². The topological polar surface area (TPSA) is 67.2 Å². The molecule has 0 aliphatic heterocycles. The number of nitrogens with one attached hydrogen (secondary N) is 1. The summed E-state index contributed by atoms with van der Waals surface area (Å²) in [6, 6.07) is 9.24. The summed E-state index contributed by atoms with van der Waals surface area (Å²) in [4.78, 5) is 15.8. The third kappa shape index (κ3) is 2.95. The second-order valence-electron chi connectivity index (χ2n) is 4.00. The van der Waals surface area contributed by atoms with Crippen molar-refractivity contribution >= 4 is 11.6 Å². The van der Waals surface area contributed by atoms with E-state index in [1.807, 2.05) is 30.3 Å². The van der Waals surface area contributed by atoms with Gasteiger partial charge < -0.3 is 15.0 Å². The van der Waals surface area contributed by atoms with E-state index in [2.05, 4.69) is 10.3 Å². The van der Waals surface area contributed by atoms with Crippen LogP contribution in [0, 0.1) is 0 Å². The molecule has 0 saturated heterocycles. The monoisotopic (exact) mass is 245 g/mol. The lowest BCUT2D eigenvalue weighted by molar-refractivity contribution is -0.116. The summed E-state index contributed by atoms with van der Waals surface area (Å²) in [5.41, 5.74) is 0.751. The number of anilines is 1. The molecule has 1 amide bonds. The van der Waals surface area contributed by atoms with E-state index in [9.17, 15) is 9.90 Å². The number of carbonyl (C=O) groups excluding carboxylic acids is 1. The predicted octanol–water partition coefficient (Wildman–Crippen LogP) is 1.58. The fourth-order valence-corrected chi connectivity index (χ4v) is 1.70. The van der Waals surface area contributed by atoms with Gasteiger partial charge in [-0.05, 0) is 19.1 Å². The second kappa shape index (κ2) is 5.46. The molecule has 5 heteroatoms. The molecule has 1 aromatic carbocycles. The highest BCUT2D eigenvalue weighted by molar-refractivity contribution is 5.90. The minimum atomic E-state index is -0.690. The zero-order valence-electron chi connectivity index (χ0n) is 10.1. The second-order valence-corrected chi connectivity index (χ2v) is 4.00. The van der Waals surface area contributed by atoms with Crippen LogP contribution < -0.4 is 5.32 Å². The van der Waals surface area contributed by atoms with Crippen LogP contribution in [0.3, 0.4) is 0 Å². The van der Waals surface area contributed by atoms with Gasteiger partial charge in [-0.2, -0.15) is 0 Å². The molecule has 0 aliphatic carbocycles. The fourth-order valence-electron chi connectivity index (χ4n) is 1.70. The number of para-hydroxylation sites is 1. The summed E-state index contributed by atoms with van der Waals surface area (Å²) in [5.74, 6) is 0.333. The SMILES string of the molecule is CC(O)c1nccn1CC(=O)Nc1ccccc1. The van der Waals surface area contributed by atoms with Crippen molar-refractivity contribution in [3.8, 4) is 0 Å². The maximum absolute atomic E-state index is 11.8. The van der Waals surface area contributed by atoms with Crippen molar-refractivity contribution in [2.75, 3.05) is 5.32 Å². The van der Waals surface area contributed by atoms with Gasteiger partial charge in [-0.15, -0.1) is 0 Å². The summed E-state index contributed by atoms with van der Waals surface area (Å²) >= 11 is 0. The van der Waals surface area contributed by atoms with E-state index in [1.54, 1.807) is 23.9 Å². The summed E-state index contributed by atoms with van der Waals surface area (Å²) in [7, 11) is 0. The van der Waals surface area contributed by atoms with E-state index in [0.717, 1.165) is 5.69 Å². The van der Waals surface area contributed by atoms with Crippen molar-refractivity contribution in [2.45, 2.75) is 19.6 Å². The zero-order valence-corrected chi connectivity index (χ0v) is 10.1. The molecule has 0 bridgehead atoms. The van der Waals surface area contributed by atoms with Gasteiger partial charge in [-0.1, -0.05) is 18.2 Å². The molecule has 18 heavy (non-hydrogen) atoms. The maximum Gasteiger partial charge on any atom is 0.244 e. The zero-order chi connectivity index (χ0) is 13.0. The van der Waals surface area contributed by atoms with Crippen molar-refractivity contribution in [2.24, 2.45) is 0 Å². The van der Waals surface area contributed by atoms with Crippen molar-refractivity contribution < 1.29 is 9.90 Å². The summed E-state index contributed by atoms with van der Waals surface area (Å²) in [5, 5.41) is 12.3. The van der Waals surface area contributed by atoms with Gasteiger partial charge in [0.05, 0.1) is 0 Å². The number of amides is 1. The maximum atomic E-state index is 11.8. The van der Waals surface area contributed by atoms with Crippen LogP contribution >= 0.6 is 0 Å². The lowest BCUT2D eigenvalue weighted by atomic mass is 10.3. The normalized spacial score (nSPS) is 12.1. The molecule has 1 unspecified atom stereocenters. The minimum absolute atomic E-state index is 0.134. The van der Waals surface area contributed by atoms with Crippen LogP contribution in [0.4, 0.5) is 5.69 Å². The van der Waals surface area contributed by atoms with Crippen LogP contribution in [0.25, 0.3) is 0 Å². The number of aromatic nitrogens is 2. The number of rotatable bonds is 4. The number of aliphatic hydroxyl groups is 1. The molecule has 5 nitrogen and oxygen atoms in total. The molecule has 0 saturated carbocycles. The highest BCUT2D eigenvalue weighted by Crippen LogP contribution is 2.10. The van der Waals surface area contributed by atoms with Crippen molar-refractivity contribution in [3.63, 3.8) is 0 Å². The fraction of sp³-hybridized carbons (Fsp3) is 0.231. The predicted molar refractivity (Wildman–Crippen MR) is 67.9 cm³/mol. The molecule has 1 atom stereocenters. The number of benzene rings is 1. The Kier molecular flexibility index (Phi) is 3.74. The molecular formula is C13H15N3O2. The largest absolute Gasteiger partial charge is 0.385 e. The quantitative estimate of drug-likeness (QED) is 0.859. The summed E-state index contributed by atoms with van der Waals surface area (Å²) in [6.45, 7) is 1.75. The van der Waals surface area contributed by atoms with Gasteiger partial charge in [0.15, 0.2) is 0 Å². The number of aliphatic hydroxyl groups excluding tert-OH is 1. The van der Waals surface area contributed by atoms with Gasteiger partial charge in [-0.3, -0.25) is 4.79 Å². The molecule has 0 fully saturated rings. The van der Waals surface area contributed by atoms with E-state index in [0.29, 0.717) is 5.82 Å². The van der Waals surface area contributed by atoms with Gasteiger partial charge in [0.2, 0.25) is 5.91 Å². The van der Waals surface area contributed by atoms with Crippen LogP contribution in [0.2, 0.25) is 0 Å². The molecule has 2 aromatic rings. The molecule has 1 aromatic heterocycles. The Bertz CT molecular complexity index is 520. The highest BCUT2D eigenvalue weighted by atomic mass is 16.3. The Morgan fingerprint density at radius 1 is 1.44 bits per heavy atom. The molecule has 0 spiro atoms. The van der Waals surface area contributed by atoms with Crippen LogP contribution in [-0.4, -0.2) is 20.6 Å². The molecule has 2 N–H and O–H groups in total. The van der Waals surface area contributed by atoms with Crippen LogP contribution in [-0.2, 0) is 11.3 Å². The van der Waals surface area contributed by atoms with E-state index in [4.69, 9.17) is 0 Å². The average molecular weight is 245 g/mol. The molecule has 0 aliphatic rings. The molecule has 94 valence electrons. The van der Waals surface area contributed by atoms with E-state index in [1.165, 1.54) is 0 Å². The van der Waals surface area contributed by atoms with E-state index >= 15 is 0 Å². The van der Waals surface area contributed by atoms with E-state index < -0.39 is 6.10 Å². The first kappa shape index (κ1) is 12.3. The molecule has 0 radical (unpaired) electrons. The Balaban J connectivity index is 2.01. The minimum Gasteiger partial charge on any atom is -0.385 e. The number of hydrogen-bond donors (Lipinski definition) is 2. The van der Waals surface area contributed by atoms with Crippen LogP contribution in [0.1, 0.15) is 18.9 Å². The molecule has 2 rings (SSSR count). The third-order valence-electron chi connectivity index (χ3n) is 2.49. The van der Waals surface area contributed by atoms with Gasteiger partial charge in [0, 0.05) is 18.1 Å². The first-order chi connectivity index (χ1) is 8.66. The summed E-state index contributed by atoms with van der Waals surface area (Å²) in [6.07, 6.45) is 2.55. The van der Waals surface area contributed by atoms with Crippen LogP contribution in [0.5, 0.6) is 0 Å². The Labute approximate surface area is 105 Å². The number of carbonyl (C=O) groups is 1. The van der Waals surface area contributed by atoms with Gasteiger partial charge in [-0.25, -0.2) is 4.98 Å². The smallest absolute Gasteiger partial charge is 0.244 e. The molecular weight excluding hydrogens is 230 g/mol. The first-order valence-electron chi connectivity index (χ1n) is 5.71. The lowest BCUT2D eigenvalue weighted by Gasteiger charge is -2.10.